The van der Waals surface area contributed by atoms with Crippen LogP contribution in [-0.2, 0) is 5.41 Å². The van der Waals surface area contributed by atoms with Gasteiger partial charge in [0, 0.05) is 35.0 Å². The fourth-order valence-corrected chi connectivity index (χ4v) is 7.52. The maximum absolute atomic E-state index is 6.66. The molecule has 1 aliphatic rings. The van der Waals surface area contributed by atoms with Crippen molar-refractivity contribution in [3.05, 3.63) is 223 Å². The second-order valence-electron chi connectivity index (χ2n) is 12.6. The molecule has 0 saturated heterocycles. The van der Waals surface area contributed by atoms with E-state index in [2.05, 4.69) is 150 Å². The van der Waals surface area contributed by atoms with Gasteiger partial charge in [-0.15, -0.1) is 0 Å². The summed E-state index contributed by atoms with van der Waals surface area (Å²) in [6, 6.07) is 65.1. The number of benzene rings is 6. The molecule has 0 aliphatic heterocycles. The van der Waals surface area contributed by atoms with Crippen LogP contribution in [0.5, 0.6) is 11.5 Å². The van der Waals surface area contributed by atoms with Gasteiger partial charge in [0.2, 0.25) is 0 Å². The molecule has 4 nitrogen and oxygen atoms in total. The van der Waals surface area contributed by atoms with E-state index in [-0.39, 0.29) is 0 Å². The third-order valence-electron chi connectivity index (χ3n) is 9.66. The minimum atomic E-state index is -0.594. The van der Waals surface area contributed by atoms with Crippen molar-refractivity contribution in [1.29, 1.82) is 0 Å². The van der Waals surface area contributed by atoms with Crippen LogP contribution in [0.15, 0.2) is 200 Å². The van der Waals surface area contributed by atoms with Crippen molar-refractivity contribution in [2.24, 2.45) is 0 Å². The number of ether oxygens (including phenoxy) is 1. The van der Waals surface area contributed by atoms with Crippen molar-refractivity contribution in [3.63, 3.8) is 0 Å². The minimum absolute atomic E-state index is 0.594. The molecule has 2 aromatic heterocycles. The normalized spacial score (nSPS) is 12.5. The van der Waals surface area contributed by atoms with E-state index in [0.29, 0.717) is 0 Å². The van der Waals surface area contributed by atoms with Crippen molar-refractivity contribution in [3.8, 4) is 33.9 Å². The molecular formula is C47H33N3O. The Morgan fingerprint density at radius 3 is 1.71 bits per heavy atom. The molecule has 0 radical (unpaired) electrons. The highest BCUT2D eigenvalue weighted by Crippen LogP contribution is 2.55. The predicted molar refractivity (Wildman–Crippen MR) is 206 cm³/mol. The number of para-hydroxylation sites is 2. The fourth-order valence-electron chi connectivity index (χ4n) is 7.52. The molecule has 1 aliphatic carbocycles. The molecule has 0 unspecified atom stereocenters. The first-order valence-corrected chi connectivity index (χ1v) is 17.1. The number of nitrogens with zero attached hydrogens (tertiary/aromatic N) is 3. The van der Waals surface area contributed by atoms with Crippen LogP contribution in [0, 0.1) is 0 Å². The monoisotopic (exact) mass is 655 g/mol. The molecular weight excluding hydrogens is 623 g/mol. The largest absolute Gasteiger partial charge is 0.457 e. The standard InChI is InChI=1S/C47H33N3O/c1-3-17-36(18-4-1)50(37-19-5-2-6-20-37)38-28-30-48-45(33-38)34-15-13-21-39(31-34)51-40-22-14-16-35(32-40)47(46-27-11-12-29-49-46)43-25-9-7-23-41(43)42-24-8-10-26-44(42)47/h1-33H. The summed E-state index contributed by atoms with van der Waals surface area (Å²) in [6.45, 7) is 0. The molecule has 0 fully saturated rings. The number of hydrogen-bond donors (Lipinski definition) is 0. The van der Waals surface area contributed by atoms with Gasteiger partial charge in [-0.05, 0) is 101 Å². The van der Waals surface area contributed by atoms with Crippen molar-refractivity contribution < 1.29 is 4.74 Å². The molecule has 0 amide bonds. The van der Waals surface area contributed by atoms with Crippen LogP contribution in [0.2, 0.25) is 0 Å². The van der Waals surface area contributed by atoms with E-state index >= 15 is 0 Å². The molecule has 6 aromatic carbocycles. The molecule has 2 heterocycles. The topological polar surface area (TPSA) is 38.2 Å². The number of rotatable bonds is 8. The van der Waals surface area contributed by atoms with Gasteiger partial charge in [-0.25, -0.2) is 0 Å². The molecule has 4 heteroatoms. The van der Waals surface area contributed by atoms with Crippen LogP contribution in [0.3, 0.4) is 0 Å². The molecule has 0 N–H and O–H groups in total. The zero-order chi connectivity index (χ0) is 34.0. The first-order valence-electron chi connectivity index (χ1n) is 17.1. The summed E-state index contributed by atoms with van der Waals surface area (Å²) in [5, 5.41) is 0. The highest BCUT2D eigenvalue weighted by Gasteiger charge is 2.47. The Bertz CT molecular complexity index is 2380. The Balaban J connectivity index is 1.09. The number of hydrogen-bond acceptors (Lipinski definition) is 4. The van der Waals surface area contributed by atoms with Gasteiger partial charge in [-0.3, -0.25) is 9.97 Å². The summed E-state index contributed by atoms with van der Waals surface area (Å²) in [6.07, 6.45) is 3.75. The van der Waals surface area contributed by atoms with Crippen LogP contribution in [0.1, 0.15) is 22.4 Å². The van der Waals surface area contributed by atoms with Crippen molar-refractivity contribution >= 4 is 17.1 Å². The van der Waals surface area contributed by atoms with Crippen LogP contribution in [0.4, 0.5) is 17.1 Å². The first kappa shape index (κ1) is 30.3. The number of pyridine rings is 2. The van der Waals surface area contributed by atoms with E-state index in [1.165, 1.54) is 22.3 Å². The van der Waals surface area contributed by atoms with Crippen LogP contribution < -0.4 is 9.64 Å². The van der Waals surface area contributed by atoms with E-state index in [0.717, 1.165) is 51.1 Å². The second-order valence-corrected chi connectivity index (χ2v) is 12.6. The zero-order valence-corrected chi connectivity index (χ0v) is 27.8. The molecule has 0 atom stereocenters. The maximum atomic E-state index is 6.66. The fraction of sp³-hybridized carbons (Fsp3) is 0.0213. The van der Waals surface area contributed by atoms with Crippen LogP contribution in [-0.4, -0.2) is 9.97 Å². The molecule has 51 heavy (non-hydrogen) atoms. The molecule has 242 valence electrons. The van der Waals surface area contributed by atoms with Crippen molar-refractivity contribution in [1.82, 2.24) is 9.97 Å². The van der Waals surface area contributed by atoms with Crippen molar-refractivity contribution in [2.45, 2.75) is 5.41 Å². The predicted octanol–water partition coefficient (Wildman–Crippen LogP) is 11.8. The molecule has 0 spiro atoms. The van der Waals surface area contributed by atoms with E-state index in [1.807, 2.05) is 54.9 Å². The van der Waals surface area contributed by atoms with Gasteiger partial charge in [0.15, 0.2) is 0 Å². The second kappa shape index (κ2) is 12.9. The quantitative estimate of drug-likeness (QED) is 0.163. The van der Waals surface area contributed by atoms with E-state index in [9.17, 15) is 0 Å². The number of aromatic nitrogens is 2. The van der Waals surface area contributed by atoms with Gasteiger partial charge in [0.25, 0.3) is 0 Å². The summed E-state index contributed by atoms with van der Waals surface area (Å²) >= 11 is 0. The summed E-state index contributed by atoms with van der Waals surface area (Å²) < 4.78 is 6.66. The lowest BCUT2D eigenvalue weighted by molar-refractivity contribution is 0.481. The molecule has 9 rings (SSSR count). The summed E-state index contributed by atoms with van der Waals surface area (Å²) in [5.41, 5.74) is 11.4. The van der Waals surface area contributed by atoms with Gasteiger partial charge in [0.1, 0.15) is 11.5 Å². The minimum Gasteiger partial charge on any atom is -0.457 e. The van der Waals surface area contributed by atoms with E-state index in [4.69, 9.17) is 14.7 Å². The molecule has 0 saturated carbocycles. The zero-order valence-electron chi connectivity index (χ0n) is 27.8. The Morgan fingerprint density at radius 2 is 1.04 bits per heavy atom. The van der Waals surface area contributed by atoms with Gasteiger partial charge in [-0.1, -0.05) is 115 Å². The lowest BCUT2D eigenvalue weighted by atomic mass is 9.70. The summed E-state index contributed by atoms with van der Waals surface area (Å²) in [5.74, 6) is 1.49. The highest BCUT2D eigenvalue weighted by atomic mass is 16.5. The number of anilines is 3. The Hall–Kier alpha value is -6.78. The molecule has 0 bridgehead atoms. The van der Waals surface area contributed by atoms with Gasteiger partial charge in [0.05, 0.1) is 16.8 Å². The Kier molecular flexibility index (Phi) is 7.67. The van der Waals surface area contributed by atoms with E-state index < -0.39 is 5.41 Å². The SMILES string of the molecule is c1ccc(N(c2ccccc2)c2ccnc(-c3cccc(Oc4cccc(C5(c6ccccn6)c6ccccc6-c6ccccc65)c4)c3)c2)cc1. The summed E-state index contributed by atoms with van der Waals surface area (Å²) in [4.78, 5) is 12.0. The Labute approximate surface area is 298 Å². The van der Waals surface area contributed by atoms with Gasteiger partial charge >= 0.3 is 0 Å². The smallest absolute Gasteiger partial charge is 0.128 e. The molecule has 8 aromatic rings. The number of fused-ring (bicyclic) bond motifs is 3. The lowest BCUT2D eigenvalue weighted by Gasteiger charge is -2.32. The average Bonchev–Trinajstić information content (AvgIpc) is 3.51. The van der Waals surface area contributed by atoms with Gasteiger partial charge in [-0.2, -0.15) is 0 Å². The van der Waals surface area contributed by atoms with Crippen LogP contribution >= 0.6 is 0 Å². The maximum Gasteiger partial charge on any atom is 0.128 e. The third kappa shape index (κ3) is 5.34. The van der Waals surface area contributed by atoms with Gasteiger partial charge < -0.3 is 9.64 Å². The summed E-state index contributed by atoms with van der Waals surface area (Å²) in [7, 11) is 0. The van der Waals surface area contributed by atoms with Crippen molar-refractivity contribution in [2.75, 3.05) is 4.90 Å². The lowest BCUT2D eigenvalue weighted by Crippen LogP contribution is -2.29. The average molecular weight is 656 g/mol. The first-order chi connectivity index (χ1) is 25.3. The van der Waals surface area contributed by atoms with Crippen LogP contribution in [0.25, 0.3) is 22.4 Å². The highest BCUT2D eigenvalue weighted by molar-refractivity contribution is 5.86. The Morgan fingerprint density at radius 1 is 0.431 bits per heavy atom. The third-order valence-corrected chi connectivity index (χ3v) is 9.66. The van der Waals surface area contributed by atoms with E-state index in [1.54, 1.807) is 0 Å².